The number of benzene rings is 2. The summed E-state index contributed by atoms with van der Waals surface area (Å²) in [6, 6.07) is 12.5. The number of hydrogen-bond donors (Lipinski definition) is 2. The molecule has 7 heteroatoms. The van der Waals surface area contributed by atoms with Gasteiger partial charge in [-0.3, -0.25) is 9.52 Å². The molecule has 0 fully saturated rings. The molecule has 134 valence electrons. The first-order valence-electron chi connectivity index (χ1n) is 7.81. The van der Waals surface area contributed by atoms with Gasteiger partial charge in [0.25, 0.3) is 5.91 Å². The lowest BCUT2D eigenvalue weighted by atomic mass is 10.1. The van der Waals surface area contributed by atoms with Crippen LogP contribution in [0.2, 0.25) is 0 Å². The van der Waals surface area contributed by atoms with Crippen molar-refractivity contribution in [2.24, 2.45) is 0 Å². The van der Waals surface area contributed by atoms with Gasteiger partial charge in [0, 0.05) is 5.56 Å². The number of hydrogen-bond acceptors (Lipinski definition) is 4. The van der Waals surface area contributed by atoms with E-state index in [4.69, 9.17) is 4.74 Å². The van der Waals surface area contributed by atoms with Crippen LogP contribution in [0, 0.1) is 13.8 Å². The zero-order chi connectivity index (χ0) is 18.4. The minimum Gasteiger partial charge on any atom is -0.492 e. The standard InChI is InChI=1S/C18H22N2O4S/c1-13-5-4-6-16(11-13)24-10-9-19-18(21)15-7-8-17(14(2)12-15)20-25(3,22)23/h4-8,11-12,20H,9-10H2,1-3H3,(H,19,21). The second-order valence-electron chi connectivity index (χ2n) is 5.82. The summed E-state index contributed by atoms with van der Waals surface area (Å²) in [5, 5.41) is 2.78. The van der Waals surface area contributed by atoms with Gasteiger partial charge in [-0.2, -0.15) is 0 Å². The maximum absolute atomic E-state index is 12.2. The molecule has 0 saturated heterocycles. The van der Waals surface area contributed by atoms with E-state index < -0.39 is 10.0 Å². The Bertz CT molecular complexity index is 863. The molecule has 0 unspecified atom stereocenters. The molecule has 2 N–H and O–H groups in total. The Labute approximate surface area is 148 Å². The van der Waals surface area contributed by atoms with Crippen LogP contribution >= 0.6 is 0 Å². The highest BCUT2D eigenvalue weighted by Crippen LogP contribution is 2.17. The fourth-order valence-electron chi connectivity index (χ4n) is 2.26. The molecule has 0 aliphatic heterocycles. The largest absolute Gasteiger partial charge is 0.492 e. The third-order valence-electron chi connectivity index (χ3n) is 3.43. The van der Waals surface area contributed by atoms with Crippen LogP contribution in [0.3, 0.4) is 0 Å². The average molecular weight is 362 g/mol. The number of amides is 1. The van der Waals surface area contributed by atoms with Crippen LogP contribution in [-0.2, 0) is 10.0 Å². The van der Waals surface area contributed by atoms with Crippen molar-refractivity contribution in [2.75, 3.05) is 24.1 Å². The van der Waals surface area contributed by atoms with Gasteiger partial charge >= 0.3 is 0 Å². The predicted molar refractivity (Wildman–Crippen MR) is 98.7 cm³/mol. The van der Waals surface area contributed by atoms with E-state index in [2.05, 4.69) is 10.0 Å². The highest BCUT2D eigenvalue weighted by molar-refractivity contribution is 7.92. The van der Waals surface area contributed by atoms with E-state index >= 15 is 0 Å². The number of anilines is 1. The number of nitrogens with one attached hydrogen (secondary N) is 2. The van der Waals surface area contributed by atoms with Gasteiger partial charge in [-0.25, -0.2) is 8.42 Å². The van der Waals surface area contributed by atoms with Gasteiger partial charge in [-0.1, -0.05) is 12.1 Å². The van der Waals surface area contributed by atoms with Crippen molar-refractivity contribution in [1.29, 1.82) is 0 Å². The second-order valence-corrected chi connectivity index (χ2v) is 7.57. The summed E-state index contributed by atoms with van der Waals surface area (Å²) in [7, 11) is -3.35. The van der Waals surface area contributed by atoms with Crippen molar-refractivity contribution in [3.63, 3.8) is 0 Å². The molecule has 25 heavy (non-hydrogen) atoms. The lowest BCUT2D eigenvalue weighted by molar-refractivity contribution is 0.0947. The summed E-state index contributed by atoms with van der Waals surface area (Å²) in [6.45, 7) is 4.46. The van der Waals surface area contributed by atoms with E-state index in [1.807, 2.05) is 31.2 Å². The number of sulfonamides is 1. The second kappa shape index (κ2) is 8.02. The van der Waals surface area contributed by atoms with Crippen molar-refractivity contribution in [3.05, 3.63) is 59.2 Å². The van der Waals surface area contributed by atoms with E-state index in [0.29, 0.717) is 30.0 Å². The molecule has 0 aromatic heterocycles. The molecule has 0 atom stereocenters. The molecular weight excluding hydrogens is 340 g/mol. The van der Waals surface area contributed by atoms with E-state index in [0.717, 1.165) is 17.6 Å². The first-order chi connectivity index (χ1) is 11.7. The van der Waals surface area contributed by atoms with Crippen molar-refractivity contribution < 1.29 is 17.9 Å². The summed E-state index contributed by atoms with van der Waals surface area (Å²) >= 11 is 0. The van der Waals surface area contributed by atoms with Gasteiger partial charge < -0.3 is 10.1 Å². The first kappa shape index (κ1) is 18.8. The first-order valence-corrected chi connectivity index (χ1v) is 9.70. The number of aryl methyl sites for hydroxylation is 2. The van der Waals surface area contributed by atoms with Gasteiger partial charge in [0.15, 0.2) is 0 Å². The number of rotatable bonds is 7. The Morgan fingerprint density at radius 3 is 2.52 bits per heavy atom. The summed E-state index contributed by atoms with van der Waals surface area (Å²) in [5.74, 6) is 0.531. The molecule has 2 aromatic rings. The van der Waals surface area contributed by atoms with Crippen LogP contribution in [0.4, 0.5) is 5.69 Å². The molecule has 0 aliphatic rings. The fourth-order valence-corrected chi connectivity index (χ4v) is 2.89. The molecule has 0 saturated carbocycles. The van der Waals surface area contributed by atoms with Crippen molar-refractivity contribution in [2.45, 2.75) is 13.8 Å². The predicted octanol–water partition coefficient (Wildman–Crippen LogP) is 2.48. The number of ether oxygens (including phenoxy) is 1. The van der Waals surface area contributed by atoms with E-state index in [1.54, 1.807) is 25.1 Å². The molecule has 1 amide bonds. The highest BCUT2D eigenvalue weighted by atomic mass is 32.2. The van der Waals surface area contributed by atoms with Gasteiger partial charge in [0.05, 0.1) is 18.5 Å². The zero-order valence-electron chi connectivity index (χ0n) is 14.5. The van der Waals surface area contributed by atoms with Crippen LogP contribution in [-0.4, -0.2) is 33.7 Å². The third kappa shape index (κ3) is 6.11. The van der Waals surface area contributed by atoms with Crippen molar-refractivity contribution in [3.8, 4) is 5.75 Å². The number of carbonyl (C=O) groups excluding carboxylic acids is 1. The quantitative estimate of drug-likeness (QED) is 0.741. The molecule has 2 rings (SSSR count). The Kier molecular flexibility index (Phi) is 6.03. The van der Waals surface area contributed by atoms with Gasteiger partial charge in [-0.15, -0.1) is 0 Å². The number of carbonyl (C=O) groups is 1. The van der Waals surface area contributed by atoms with Crippen LogP contribution in [0.1, 0.15) is 21.5 Å². The minimum atomic E-state index is -3.35. The minimum absolute atomic E-state index is 0.234. The molecule has 0 heterocycles. The van der Waals surface area contributed by atoms with E-state index in [9.17, 15) is 13.2 Å². The highest BCUT2D eigenvalue weighted by Gasteiger charge is 2.09. The van der Waals surface area contributed by atoms with Crippen LogP contribution in [0.15, 0.2) is 42.5 Å². The van der Waals surface area contributed by atoms with E-state index in [1.165, 1.54) is 0 Å². The molecular formula is C18H22N2O4S. The van der Waals surface area contributed by atoms with Gasteiger partial charge in [-0.05, 0) is 55.3 Å². The summed E-state index contributed by atoms with van der Waals surface area (Å²) < 4.78 is 30.5. The lowest BCUT2D eigenvalue weighted by Crippen LogP contribution is -2.28. The zero-order valence-corrected chi connectivity index (χ0v) is 15.3. The monoisotopic (exact) mass is 362 g/mol. The maximum Gasteiger partial charge on any atom is 0.251 e. The van der Waals surface area contributed by atoms with Crippen LogP contribution in [0.25, 0.3) is 0 Å². The van der Waals surface area contributed by atoms with Gasteiger partial charge in [0.2, 0.25) is 10.0 Å². The normalized spacial score (nSPS) is 11.0. The summed E-state index contributed by atoms with van der Waals surface area (Å²) in [5.41, 5.74) is 2.71. The van der Waals surface area contributed by atoms with Crippen molar-refractivity contribution in [1.82, 2.24) is 5.32 Å². The molecule has 2 aromatic carbocycles. The average Bonchev–Trinajstić information content (AvgIpc) is 2.52. The maximum atomic E-state index is 12.2. The Hall–Kier alpha value is -2.54. The molecule has 0 bridgehead atoms. The molecule has 0 radical (unpaired) electrons. The molecule has 0 aliphatic carbocycles. The van der Waals surface area contributed by atoms with Crippen LogP contribution < -0.4 is 14.8 Å². The Morgan fingerprint density at radius 2 is 1.88 bits per heavy atom. The molecule has 0 spiro atoms. The van der Waals surface area contributed by atoms with Gasteiger partial charge in [0.1, 0.15) is 12.4 Å². The Morgan fingerprint density at radius 1 is 1.12 bits per heavy atom. The molecule has 6 nitrogen and oxygen atoms in total. The van der Waals surface area contributed by atoms with Crippen LogP contribution in [0.5, 0.6) is 5.75 Å². The topological polar surface area (TPSA) is 84.5 Å². The van der Waals surface area contributed by atoms with E-state index in [-0.39, 0.29) is 5.91 Å². The van der Waals surface area contributed by atoms with Crippen molar-refractivity contribution >= 4 is 21.6 Å². The summed E-state index contributed by atoms with van der Waals surface area (Å²) in [6.07, 6.45) is 1.08. The fraction of sp³-hybridized carbons (Fsp3) is 0.278. The summed E-state index contributed by atoms with van der Waals surface area (Å²) in [4.78, 5) is 12.2. The lowest BCUT2D eigenvalue weighted by Gasteiger charge is -2.11. The SMILES string of the molecule is Cc1cccc(OCCNC(=O)c2ccc(NS(C)(=O)=O)c(C)c2)c1. The third-order valence-corrected chi connectivity index (χ3v) is 4.02. The Balaban J connectivity index is 1.87. The smallest absolute Gasteiger partial charge is 0.251 e.